The molecule has 0 saturated carbocycles. The summed E-state index contributed by atoms with van der Waals surface area (Å²) in [5.74, 6) is 0. The Kier molecular flexibility index (Phi) is 7.93. The summed E-state index contributed by atoms with van der Waals surface area (Å²) in [5, 5.41) is 1.34. The summed E-state index contributed by atoms with van der Waals surface area (Å²) >= 11 is 12.4. The molecule has 2 aromatic rings. The number of nitrogens with zero attached hydrogens (tertiary/aromatic N) is 2. The third-order valence-electron chi connectivity index (χ3n) is 3.82. The number of rotatable bonds is 10. The lowest BCUT2D eigenvalue weighted by Crippen LogP contribution is -2.08. The van der Waals surface area contributed by atoms with E-state index in [1.807, 2.05) is 24.7 Å². The Morgan fingerprint density at radius 2 is 2.09 bits per heavy atom. The number of ether oxygens (including phenoxy) is 1. The molecule has 0 fully saturated rings. The SMILES string of the molecule is CCCCCOC(CCCn1ccnc1)c1ccc(Cl)cc1Cl. The predicted octanol–water partition coefficient (Wildman–Crippen LogP) is 5.92. The molecular weight excluding hydrogens is 331 g/mol. The Morgan fingerprint density at radius 3 is 2.78 bits per heavy atom. The monoisotopic (exact) mass is 354 g/mol. The van der Waals surface area contributed by atoms with Crippen LogP contribution in [0.3, 0.4) is 0 Å². The van der Waals surface area contributed by atoms with Crippen molar-refractivity contribution in [3.05, 3.63) is 52.5 Å². The third-order valence-corrected chi connectivity index (χ3v) is 4.38. The molecule has 126 valence electrons. The average Bonchev–Trinajstić information content (AvgIpc) is 3.03. The molecule has 1 unspecified atom stereocenters. The summed E-state index contributed by atoms with van der Waals surface area (Å²) in [6.07, 6.45) is 11.0. The van der Waals surface area contributed by atoms with Gasteiger partial charge in [0.1, 0.15) is 0 Å². The molecule has 5 heteroatoms. The third kappa shape index (κ3) is 6.17. The predicted molar refractivity (Wildman–Crippen MR) is 96.1 cm³/mol. The molecule has 0 saturated heterocycles. The van der Waals surface area contributed by atoms with Crippen molar-refractivity contribution >= 4 is 23.2 Å². The average molecular weight is 355 g/mol. The topological polar surface area (TPSA) is 27.1 Å². The van der Waals surface area contributed by atoms with Crippen molar-refractivity contribution in [2.45, 2.75) is 51.7 Å². The molecule has 0 radical (unpaired) electrons. The molecule has 0 amide bonds. The zero-order chi connectivity index (χ0) is 16.5. The van der Waals surface area contributed by atoms with Crippen molar-refractivity contribution < 1.29 is 4.74 Å². The van der Waals surface area contributed by atoms with E-state index in [0.717, 1.165) is 38.0 Å². The first-order chi connectivity index (χ1) is 11.2. The lowest BCUT2D eigenvalue weighted by molar-refractivity contribution is 0.0421. The largest absolute Gasteiger partial charge is 0.373 e. The normalized spacial score (nSPS) is 12.5. The second-order valence-corrected chi connectivity index (χ2v) is 6.52. The molecule has 0 aliphatic carbocycles. The van der Waals surface area contributed by atoms with Gasteiger partial charge in [-0.2, -0.15) is 0 Å². The summed E-state index contributed by atoms with van der Waals surface area (Å²) in [7, 11) is 0. The van der Waals surface area contributed by atoms with Crippen molar-refractivity contribution in [2.75, 3.05) is 6.61 Å². The quantitative estimate of drug-likeness (QED) is 0.495. The van der Waals surface area contributed by atoms with Crippen molar-refractivity contribution in [3.8, 4) is 0 Å². The van der Waals surface area contributed by atoms with Crippen molar-refractivity contribution in [1.29, 1.82) is 0 Å². The van der Waals surface area contributed by atoms with Gasteiger partial charge in [-0.1, -0.05) is 49.0 Å². The van der Waals surface area contributed by atoms with Crippen LogP contribution < -0.4 is 0 Å². The van der Waals surface area contributed by atoms with E-state index in [1.165, 1.54) is 12.8 Å². The minimum absolute atomic E-state index is 0.0140. The van der Waals surface area contributed by atoms with Gasteiger partial charge in [-0.15, -0.1) is 0 Å². The Bertz CT molecular complexity index is 572. The van der Waals surface area contributed by atoms with Gasteiger partial charge in [-0.25, -0.2) is 4.98 Å². The summed E-state index contributed by atoms with van der Waals surface area (Å²) in [6, 6.07) is 5.64. The van der Waals surface area contributed by atoms with Gasteiger partial charge in [0.2, 0.25) is 0 Å². The van der Waals surface area contributed by atoms with E-state index in [9.17, 15) is 0 Å². The molecule has 0 bridgehead atoms. The number of imidazole rings is 1. The maximum atomic E-state index is 6.36. The smallest absolute Gasteiger partial charge is 0.0945 e. The molecule has 23 heavy (non-hydrogen) atoms. The molecule has 3 nitrogen and oxygen atoms in total. The summed E-state index contributed by atoms with van der Waals surface area (Å²) in [5.41, 5.74) is 1.03. The van der Waals surface area contributed by atoms with E-state index in [1.54, 1.807) is 12.3 Å². The van der Waals surface area contributed by atoms with E-state index >= 15 is 0 Å². The minimum Gasteiger partial charge on any atom is -0.373 e. The molecule has 0 aliphatic heterocycles. The zero-order valence-electron chi connectivity index (χ0n) is 13.5. The lowest BCUT2D eigenvalue weighted by atomic mass is 10.0. The highest BCUT2D eigenvalue weighted by atomic mass is 35.5. The zero-order valence-corrected chi connectivity index (χ0v) is 15.1. The molecular formula is C18H24Cl2N2O. The maximum Gasteiger partial charge on any atom is 0.0945 e. The van der Waals surface area contributed by atoms with E-state index in [-0.39, 0.29) is 6.10 Å². The van der Waals surface area contributed by atoms with Crippen molar-refractivity contribution in [3.63, 3.8) is 0 Å². The van der Waals surface area contributed by atoms with Crippen LogP contribution >= 0.6 is 23.2 Å². The fourth-order valence-electron chi connectivity index (χ4n) is 2.55. The molecule has 0 spiro atoms. The fourth-order valence-corrected chi connectivity index (χ4v) is 3.08. The molecule has 0 aliphatic rings. The van der Waals surface area contributed by atoms with Gasteiger partial charge < -0.3 is 9.30 Å². The second kappa shape index (κ2) is 9.96. The van der Waals surface area contributed by atoms with Crippen LogP contribution in [0.1, 0.15) is 50.7 Å². The van der Waals surface area contributed by atoms with Gasteiger partial charge in [-0.3, -0.25) is 0 Å². The van der Waals surface area contributed by atoms with Crippen LogP contribution in [0.5, 0.6) is 0 Å². The summed E-state index contributed by atoms with van der Waals surface area (Å²) in [6.45, 7) is 3.89. The molecule has 2 rings (SSSR count). The Balaban J connectivity index is 1.95. The first kappa shape index (κ1) is 18.3. The number of unbranched alkanes of at least 4 members (excludes halogenated alkanes) is 2. The summed E-state index contributed by atoms with van der Waals surface area (Å²) in [4.78, 5) is 4.07. The number of aromatic nitrogens is 2. The van der Waals surface area contributed by atoms with Gasteiger partial charge >= 0.3 is 0 Å². The highest BCUT2D eigenvalue weighted by Crippen LogP contribution is 2.31. The molecule has 1 aromatic carbocycles. The van der Waals surface area contributed by atoms with Crippen LogP contribution in [-0.4, -0.2) is 16.2 Å². The van der Waals surface area contributed by atoms with Gasteiger partial charge in [0, 0.05) is 35.6 Å². The van der Waals surface area contributed by atoms with Crippen LogP contribution in [0.25, 0.3) is 0 Å². The van der Waals surface area contributed by atoms with Gasteiger partial charge in [-0.05, 0) is 37.0 Å². The van der Waals surface area contributed by atoms with Crippen LogP contribution in [0, 0.1) is 0 Å². The van der Waals surface area contributed by atoms with Crippen LogP contribution in [0.2, 0.25) is 10.0 Å². The molecule has 0 N–H and O–H groups in total. The molecule has 1 heterocycles. The van der Waals surface area contributed by atoms with E-state index in [0.29, 0.717) is 10.0 Å². The number of halogens is 2. The van der Waals surface area contributed by atoms with Gasteiger partial charge in [0.25, 0.3) is 0 Å². The minimum atomic E-state index is 0.0140. The highest BCUT2D eigenvalue weighted by Gasteiger charge is 2.15. The fraction of sp³-hybridized carbons (Fsp3) is 0.500. The number of benzene rings is 1. The Morgan fingerprint density at radius 1 is 1.22 bits per heavy atom. The molecule has 1 aromatic heterocycles. The Hall–Kier alpha value is -1.03. The van der Waals surface area contributed by atoms with Crippen molar-refractivity contribution in [1.82, 2.24) is 9.55 Å². The van der Waals surface area contributed by atoms with E-state index in [2.05, 4.69) is 16.5 Å². The first-order valence-corrected chi connectivity index (χ1v) is 8.98. The van der Waals surface area contributed by atoms with E-state index in [4.69, 9.17) is 27.9 Å². The number of aryl methyl sites for hydroxylation is 1. The first-order valence-electron chi connectivity index (χ1n) is 8.23. The second-order valence-electron chi connectivity index (χ2n) is 5.68. The number of hydrogen-bond acceptors (Lipinski definition) is 2. The summed E-state index contributed by atoms with van der Waals surface area (Å²) < 4.78 is 8.20. The van der Waals surface area contributed by atoms with Crippen LogP contribution in [0.15, 0.2) is 36.9 Å². The standard InChI is InChI=1S/C18H24Cl2N2O/c1-2-3-4-12-23-18(6-5-10-22-11-9-21-14-22)16-8-7-15(19)13-17(16)20/h7-9,11,13-14,18H,2-6,10,12H2,1H3. The molecule has 1 atom stereocenters. The van der Waals surface area contributed by atoms with Gasteiger partial charge in [0.15, 0.2) is 0 Å². The van der Waals surface area contributed by atoms with Crippen molar-refractivity contribution in [2.24, 2.45) is 0 Å². The van der Waals surface area contributed by atoms with E-state index < -0.39 is 0 Å². The number of hydrogen-bond donors (Lipinski definition) is 0. The van der Waals surface area contributed by atoms with Gasteiger partial charge in [0.05, 0.1) is 12.4 Å². The van der Waals surface area contributed by atoms with Crippen LogP contribution in [-0.2, 0) is 11.3 Å². The highest BCUT2D eigenvalue weighted by molar-refractivity contribution is 6.35. The Labute approximate surface area is 148 Å². The lowest BCUT2D eigenvalue weighted by Gasteiger charge is -2.20. The maximum absolute atomic E-state index is 6.36. The van der Waals surface area contributed by atoms with Crippen LogP contribution in [0.4, 0.5) is 0 Å².